The first-order valence-corrected chi connectivity index (χ1v) is 13.0. The highest BCUT2D eigenvalue weighted by atomic mass is 15.6. The Kier molecular flexibility index (Phi) is 7.28. The van der Waals surface area contributed by atoms with E-state index in [-0.39, 0.29) is 0 Å². The third kappa shape index (κ3) is 4.84. The SMILES string of the molecule is CC/C=C\CC(CC)N1CCN(n2c(-c3cccnc3N)nc3ccc(-c4ccccc4)nc32)CC1. The summed E-state index contributed by atoms with van der Waals surface area (Å²) in [6.45, 7) is 8.26. The lowest BCUT2D eigenvalue weighted by atomic mass is 10.1. The van der Waals surface area contributed by atoms with E-state index in [4.69, 9.17) is 15.7 Å². The minimum atomic E-state index is 0.477. The van der Waals surface area contributed by atoms with E-state index in [0.717, 1.165) is 79.3 Å². The van der Waals surface area contributed by atoms with Crippen LogP contribution in [0.3, 0.4) is 0 Å². The van der Waals surface area contributed by atoms with Crippen molar-refractivity contribution in [1.29, 1.82) is 0 Å². The molecule has 1 fully saturated rings. The molecule has 7 heteroatoms. The van der Waals surface area contributed by atoms with Gasteiger partial charge in [0, 0.05) is 44.0 Å². The molecule has 1 aromatic carbocycles. The van der Waals surface area contributed by atoms with Gasteiger partial charge in [-0.05, 0) is 43.5 Å². The van der Waals surface area contributed by atoms with Gasteiger partial charge in [0.25, 0.3) is 0 Å². The lowest BCUT2D eigenvalue weighted by Gasteiger charge is -2.40. The molecule has 1 unspecified atom stereocenters. The quantitative estimate of drug-likeness (QED) is 0.352. The average Bonchev–Trinajstić information content (AvgIpc) is 3.30. The summed E-state index contributed by atoms with van der Waals surface area (Å²) in [4.78, 5) is 17.0. The van der Waals surface area contributed by atoms with Gasteiger partial charge in [-0.25, -0.2) is 19.6 Å². The van der Waals surface area contributed by atoms with Gasteiger partial charge in [0.2, 0.25) is 0 Å². The Morgan fingerprint density at radius 3 is 2.44 bits per heavy atom. The van der Waals surface area contributed by atoms with E-state index in [1.165, 1.54) is 0 Å². The Morgan fingerprint density at radius 1 is 0.917 bits per heavy atom. The number of allylic oxidation sites excluding steroid dienone is 1. The molecule has 0 bridgehead atoms. The monoisotopic (exact) mass is 481 g/mol. The molecule has 1 saturated heterocycles. The van der Waals surface area contributed by atoms with Crippen LogP contribution < -0.4 is 10.7 Å². The first-order valence-electron chi connectivity index (χ1n) is 13.0. The molecule has 2 N–H and O–H groups in total. The van der Waals surface area contributed by atoms with E-state index in [1.54, 1.807) is 6.20 Å². The largest absolute Gasteiger partial charge is 0.383 e. The lowest BCUT2D eigenvalue weighted by Crippen LogP contribution is -2.54. The fourth-order valence-corrected chi connectivity index (χ4v) is 5.03. The fraction of sp³-hybridized carbons (Fsp3) is 0.345. The van der Waals surface area contributed by atoms with Crippen LogP contribution in [0, 0.1) is 0 Å². The number of aromatic nitrogens is 4. The number of hydrogen-bond donors (Lipinski definition) is 1. The molecular weight excluding hydrogens is 446 g/mol. The van der Waals surface area contributed by atoms with Gasteiger partial charge in [0.05, 0.1) is 11.3 Å². The molecule has 4 heterocycles. The Balaban J connectivity index is 1.51. The molecule has 1 aliphatic rings. The molecule has 3 aromatic heterocycles. The fourth-order valence-electron chi connectivity index (χ4n) is 5.03. The van der Waals surface area contributed by atoms with Gasteiger partial charge in [0.1, 0.15) is 11.3 Å². The van der Waals surface area contributed by atoms with E-state index < -0.39 is 0 Å². The highest BCUT2D eigenvalue weighted by molar-refractivity contribution is 5.82. The summed E-state index contributed by atoms with van der Waals surface area (Å²) in [6.07, 6.45) is 9.68. The van der Waals surface area contributed by atoms with Gasteiger partial charge < -0.3 is 10.7 Å². The minimum absolute atomic E-state index is 0.477. The second-order valence-corrected chi connectivity index (χ2v) is 9.26. The van der Waals surface area contributed by atoms with Crippen LogP contribution in [-0.2, 0) is 0 Å². The van der Waals surface area contributed by atoms with Crippen LogP contribution in [0.15, 0.2) is 72.9 Å². The zero-order chi connectivity index (χ0) is 24.9. The number of rotatable bonds is 8. The van der Waals surface area contributed by atoms with Crippen LogP contribution in [0.5, 0.6) is 0 Å². The number of fused-ring (bicyclic) bond motifs is 1. The predicted molar refractivity (Wildman–Crippen MR) is 148 cm³/mol. The number of hydrogen-bond acceptors (Lipinski definition) is 6. The molecule has 0 radical (unpaired) electrons. The molecule has 7 nitrogen and oxygen atoms in total. The number of nitrogens with two attached hydrogens (primary N) is 1. The highest BCUT2D eigenvalue weighted by Crippen LogP contribution is 2.29. The standard InChI is InChI=1S/C29H35N7/c1-3-5-7-13-23(4-2)34-18-20-35(21-19-34)36-28(24-14-10-17-31-27(24)30)33-26-16-15-25(32-29(26)36)22-11-8-6-9-12-22/h5-12,14-17,23H,3-4,13,18-21H2,1-2H3,(H2,30,31)/b7-5-. The van der Waals surface area contributed by atoms with Gasteiger partial charge in [-0.1, -0.05) is 56.3 Å². The zero-order valence-corrected chi connectivity index (χ0v) is 21.2. The van der Waals surface area contributed by atoms with Crippen molar-refractivity contribution in [1.82, 2.24) is 24.5 Å². The topological polar surface area (TPSA) is 76.1 Å². The van der Waals surface area contributed by atoms with Crippen molar-refractivity contribution in [2.45, 2.75) is 39.2 Å². The Hall–Kier alpha value is -3.71. The van der Waals surface area contributed by atoms with Crippen LogP contribution >= 0.6 is 0 Å². The molecule has 0 saturated carbocycles. The molecule has 0 aliphatic carbocycles. The number of benzene rings is 1. The molecule has 5 rings (SSSR count). The van der Waals surface area contributed by atoms with Crippen molar-refractivity contribution in [2.24, 2.45) is 0 Å². The van der Waals surface area contributed by atoms with Crippen LogP contribution in [0.4, 0.5) is 5.82 Å². The van der Waals surface area contributed by atoms with Crippen molar-refractivity contribution in [3.8, 4) is 22.6 Å². The highest BCUT2D eigenvalue weighted by Gasteiger charge is 2.27. The van der Waals surface area contributed by atoms with Crippen molar-refractivity contribution in [3.63, 3.8) is 0 Å². The molecule has 4 aromatic rings. The summed E-state index contributed by atoms with van der Waals surface area (Å²) in [7, 11) is 0. The lowest BCUT2D eigenvalue weighted by molar-refractivity contribution is 0.171. The third-order valence-corrected chi connectivity index (χ3v) is 7.00. The van der Waals surface area contributed by atoms with E-state index in [9.17, 15) is 0 Å². The number of imidazole rings is 1. The van der Waals surface area contributed by atoms with Crippen LogP contribution in [0.25, 0.3) is 33.8 Å². The van der Waals surface area contributed by atoms with Gasteiger partial charge in [-0.15, -0.1) is 0 Å². The first kappa shape index (κ1) is 24.0. The number of nitrogen functional groups attached to an aromatic ring is 1. The van der Waals surface area contributed by atoms with E-state index in [0.29, 0.717) is 11.9 Å². The molecular formula is C29H35N7. The van der Waals surface area contributed by atoms with Crippen molar-refractivity contribution >= 4 is 17.0 Å². The van der Waals surface area contributed by atoms with Crippen molar-refractivity contribution in [3.05, 3.63) is 72.9 Å². The van der Waals surface area contributed by atoms with Gasteiger partial charge in [-0.2, -0.15) is 0 Å². The summed E-state index contributed by atoms with van der Waals surface area (Å²) in [5.74, 6) is 1.27. The van der Waals surface area contributed by atoms with Gasteiger partial charge >= 0.3 is 0 Å². The predicted octanol–water partition coefficient (Wildman–Crippen LogP) is 5.13. The van der Waals surface area contributed by atoms with Gasteiger partial charge in [0.15, 0.2) is 11.5 Å². The first-order chi connectivity index (χ1) is 17.7. The Morgan fingerprint density at radius 2 is 1.72 bits per heavy atom. The maximum Gasteiger partial charge on any atom is 0.180 e. The summed E-state index contributed by atoms with van der Waals surface area (Å²) >= 11 is 0. The third-order valence-electron chi connectivity index (χ3n) is 7.00. The maximum absolute atomic E-state index is 6.31. The second-order valence-electron chi connectivity index (χ2n) is 9.26. The smallest absolute Gasteiger partial charge is 0.180 e. The zero-order valence-electron chi connectivity index (χ0n) is 21.2. The number of piperazine rings is 1. The Labute approximate surface area is 213 Å². The molecule has 36 heavy (non-hydrogen) atoms. The summed E-state index contributed by atoms with van der Waals surface area (Å²) in [6, 6.07) is 18.9. The molecule has 0 amide bonds. The molecule has 186 valence electrons. The second kappa shape index (κ2) is 10.9. The Bertz CT molecular complexity index is 1320. The number of nitrogens with zero attached hydrogens (tertiary/aromatic N) is 6. The summed E-state index contributed by atoms with van der Waals surface area (Å²) < 4.78 is 2.17. The summed E-state index contributed by atoms with van der Waals surface area (Å²) in [5, 5.41) is 2.37. The molecule has 1 aliphatic heterocycles. The average molecular weight is 482 g/mol. The normalized spacial score (nSPS) is 15.7. The van der Waals surface area contributed by atoms with Crippen LogP contribution in [-0.4, -0.2) is 56.7 Å². The number of pyridine rings is 2. The number of anilines is 1. The van der Waals surface area contributed by atoms with Crippen molar-refractivity contribution in [2.75, 3.05) is 36.9 Å². The molecule has 1 atom stereocenters. The van der Waals surface area contributed by atoms with E-state index >= 15 is 0 Å². The van der Waals surface area contributed by atoms with Crippen LogP contribution in [0.2, 0.25) is 0 Å². The van der Waals surface area contributed by atoms with E-state index in [1.807, 2.05) is 36.4 Å². The maximum atomic E-state index is 6.31. The van der Waals surface area contributed by atoms with Crippen LogP contribution in [0.1, 0.15) is 33.1 Å². The minimum Gasteiger partial charge on any atom is -0.383 e. The van der Waals surface area contributed by atoms with Crippen molar-refractivity contribution < 1.29 is 0 Å². The summed E-state index contributed by atoms with van der Waals surface area (Å²) in [5.41, 5.74) is 10.9. The van der Waals surface area contributed by atoms with Gasteiger partial charge in [-0.3, -0.25) is 4.90 Å². The molecule has 0 spiro atoms. The van der Waals surface area contributed by atoms with E-state index in [2.05, 4.69) is 63.8 Å².